The third-order valence-corrected chi connectivity index (χ3v) is 1.76. The van der Waals surface area contributed by atoms with E-state index in [1.807, 2.05) is 20.8 Å². The van der Waals surface area contributed by atoms with Crippen molar-refractivity contribution in [3.63, 3.8) is 0 Å². The number of rotatable bonds is 6. The minimum atomic E-state index is -0.121. The van der Waals surface area contributed by atoms with Crippen molar-refractivity contribution in [1.29, 1.82) is 0 Å². The molecule has 0 saturated carbocycles. The lowest BCUT2D eigenvalue weighted by Gasteiger charge is -2.16. The van der Waals surface area contributed by atoms with Gasteiger partial charge < -0.3 is 15.8 Å². The molecule has 4 heteroatoms. The second-order valence-corrected chi connectivity index (χ2v) is 3.21. The first-order valence-electron chi connectivity index (χ1n) is 4.70. The van der Waals surface area contributed by atoms with Gasteiger partial charge in [-0.1, -0.05) is 6.92 Å². The van der Waals surface area contributed by atoms with E-state index in [1.54, 1.807) is 0 Å². The van der Waals surface area contributed by atoms with Gasteiger partial charge in [0.2, 0.25) is 5.91 Å². The fourth-order valence-corrected chi connectivity index (χ4v) is 0.828. The first kappa shape index (κ1) is 12.4. The van der Waals surface area contributed by atoms with Gasteiger partial charge in [0.1, 0.15) is 0 Å². The molecule has 0 saturated heterocycles. The van der Waals surface area contributed by atoms with Gasteiger partial charge in [0.05, 0.1) is 6.61 Å². The summed E-state index contributed by atoms with van der Waals surface area (Å²) in [6, 6.07) is 0.0569. The Balaban J connectivity index is 3.64. The summed E-state index contributed by atoms with van der Waals surface area (Å²) < 4.78 is 5.16. The van der Waals surface area contributed by atoms with E-state index in [1.165, 1.54) is 0 Å². The van der Waals surface area contributed by atoms with Crippen LogP contribution >= 0.6 is 0 Å². The van der Waals surface area contributed by atoms with E-state index >= 15 is 0 Å². The number of hydrogen-bond donors (Lipinski definition) is 2. The van der Waals surface area contributed by atoms with Gasteiger partial charge in [-0.25, -0.2) is 0 Å². The van der Waals surface area contributed by atoms with Crippen LogP contribution in [-0.2, 0) is 9.53 Å². The average molecular weight is 188 g/mol. The Morgan fingerprint density at radius 2 is 2.15 bits per heavy atom. The number of carbonyl (C=O) groups excluding carboxylic acids is 1. The highest BCUT2D eigenvalue weighted by Crippen LogP contribution is 1.93. The van der Waals surface area contributed by atoms with Gasteiger partial charge in [0.25, 0.3) is 0 Å². The summed E-state index contributed by atoms with van der Waals surface area (Å²) >= 11 is 0. The Bertz CT molecular complexity index is 151. The van der Waals surface area contributed by atoms with E-state index in [0.717, 1.165) is 0 Å². The van der Waals surface area contributed by atoms with E-state index in [2.05, 4.69) is 5.32 Å². The van der Waals surface area contributed by atoms with Crippen LogP contribution in [0.3, 0.4) is 0 Å². The molecule has 13 heavy (non-hydrogen) atoms. The lowest BCUT2D eigenvalue weighted by atomic mass is 10.1. The lowest BCUT2D eigenvalue weighted by Crippen LogP contribution is -2.40. The third-order valence-electron chi connectivity index (χ3n) is 1.76. The standard InChI is InChI=1S/C9H20N2O2/c1-4-13-6-8(3)11-9(12)7(2)5-10/h7-8H,4-6,10H2,1-3H3,(H,11,12). The summed E-state index contributed by atoms with van der Waals surface area (Å²) in [7, 11) is 0. The van der Waals surface area contributed by atoms with Crippen LogP contribution < -0.4 is 11.1 Å². The minimum absolute atomic E-state index is 0.00490. The normalized spacial score (nSPS) is 15.1. The second kappa shape index (κ2) is 6.86. The summed E-state index contributed by atoms with van der Waals surface area (Å²) in [5.74, 6) is -0.126. The topological polar surface area (TPSA) is 64.3 Å². The Kier molecular flexibility index (Phi) is 6.54. The van der Waals surface area contributed by atoms with Crippen molar-refractivity contribution in [2.45, 2.75) is 26.8 Å². The summed E-state index contributed by atoms with van der Waals surface area (Å²) in [5.41, 5.74) is 5.36. The van der Waals surface area contributed by atoms with Gasteiger partial charge in [-0.2, -0.15) is 0 Å². The predicted octanol–water partition coefficient (Wildman–Crippen LogP) is 0.122. The lowest BCUT2D eigenvalue weighted by molar-refractivity contribution is -0.125. The van der Waals surface area contributed by atoms with Crippen LogP contribution in [0.2, 0.25) is 0 Å². The minimum Gasteiger partial charge on any atom is -0.380 e. The predicted molar refractivity (Wildman–Crippen MR) is 52.3 cm³/mol. The quantitative estimate of drug-likeness (QED) is 0.622. The van der Waals surface area contributed by atoms with Crippen LogP contribution in [-0.4, -0.2) is 31.7 Å². The number of nitrogens with one attached hydrogen (secondary N) is 1. The second-order valence-electron chi connectivity index (χ2n) is 3.21. The van der Waals surface area contributed by atoms with Crippen molar-refractivity contribution in [2.75, 3.05) is 19.8 Å². The molecule has 0 spiro atoms. The van der Waals surface area contributed by atoms with Crippen LogP contribution in [0.15, 0.2) is 0 Å². The van der Waals surface area contributed by atoms with Gasteiger partial charge in [0.15, 0.2) is 0 Å². The Morgan fingerprint density at radius 1 is 1.54 bits per heavy atom. The van der Waals surface area contributed by atoms with Gasteiger partial charge in [-0.15, -0.1) is 0 Å². The molecule has 0 aliphatic rings. The molecule has 2 unspecified atom stereocenters. The van der Waals surface area contributed by atoms with E-state index in [4.69, 9.17) is 10.5 Å². The van der Waals surface area contributed by atoms with E-state index in [9.17, 15) is 4.79 Å². The molecule has 2 atom stereocenters. The summed E-state index contributed by atoms with van der Waals surface area (Å²) in [6.07, 6.45) is 0. The molecular formula is C9H20N2O2. The average Bonchev–Trinajstić information content (AvgIpc) is 2.13. The third kappa shape index (κ3) is 5.60. The molecule has 3 N–H and O–H groups in total. The molecule has 0 aromatic carbocycles. The SMILES string of the molecule is CCOCC(C)NC(=O)C(C)CN. The Morgan fingerprint density at radius 3 is 2.62 bits per heavy atom. The molecule has 0 radical (unpaired) electrons. The zero-order valence-corrected chi connectivity index (χ0v) is 8.67. The largest absolute Gasteiger partial charge is 0.380 e. The summed E-state index contributed by atoms with van der Waals surface area (Å²) in [4.78, 5) is 11.3. The van der Waals surface area contributed by atoms with Gasteiger partial charge in [0, 0.05) is 25.1 Å². The molecule has 4 nitrogen and oxygen atoms in total. The monoisotopic (exact) mass is 188 g/mol. The summed E-state index contributed by atoms with van der Waals surface area (Å²) in [5, 5.41) is 2.82. The van der Waals surface area contributed by atoms with Crippen molar-refractivity contribution < 1.29 is 9.53 Å². The van der Waals surface area contributed by atoms with Crippen LogP contribution in [0.5, 0.6) is 0 Å². The van der Waals surface area contributed by atoms with E-state index in [-0.39, 0.29) is 17.9 Å². The molecule has 0 fully saturated rings. The first-order valence-corrected chi connectivity index (χ1v) is 4.70. The zero-order chi connectivity index (χ0) is 10.3. The van der Waals surface area contributed by atoms with Crippen molar-refractivity contribution in [3.05, 3.63) is 0 Å². The highest BCUT2D eigenvalue weighted by molar-refractivity contribution is 5.78. The fraction of sp³-hybridized carbons (Fsp3) is 0.889. The van der Waals surface area contributed by atoms with Crippen molar-refractivity contribution in [1.82, 2.24) is 5.32 Å². The maximum atomic E-state index is 11.3. The van der Waals surface area contributed by atoms with Crippen LogP contribution in [0.4, 0.5) is 0 Å². The van der Waals surface area contributed by atoms with E-state index < -0.39 is 0 Å². The molecule has 0 heterocycles. The molecule has 1 amide bonds. The molecule has 78 valence electrons. The van der Waals surface area contributed by atoms with Gasteiger partial charge in [-0.3, -0.25) is 4.79 Å². The number of ether oxygens (including phenoxy) is 1. The molecule has 0 rings (SSSR count). The van der Waals surface area contributed by atoms with E-state index in [0.29, 0.717) is 19.8 Å². The molecule has 0 aromatic heterocycles. The highest BCUT2D eigenvalue weighted by atomic mass is 16.5. The number of nitrogens with two attached hydrogens (primary N) is 1. The summed E-state index contributed by atoms with van der Waals surface area (Å²) in [6.45, 7) is 7.26. The Hall–Kier alpha value is -0.610. The molecular weight excluding hydrogens is 168 g/mol. The van der Waals surface area contributed by atoms with Crippen molar-refractivity contribution >= 4 is 5.91 Å². The maximum Gasteiger partial charge on any atom is 0.224 e. The Labute approximate surface area is 79.8 Å². The van der Waals surface area contributed by atoms with Crippen LogP contribution in [0, 0.1) is 5.92 Å². The smallest absolute Gasteiger partial charge is 0.224 e. The number of amides is 1. The van der Waals surface area contributed by atoms with Gasteiger partial charge >= 0.3 is 0 Å². The van der Waals surface area contributed by atoms with Crippen LogP contribution in [0.1, 0.15) is 20.8 Å². The molecule has 0 aliphatic heterocycles. The highest BCUT2D eigenvalue weighted by Gasteiger charge is 2.12. The van der Waals surface area contributed by atoms with Crippen molar-refractivity contribution in [3.8, 4) is 0 Å². The van der Waals surface area contributed by atoms with Crippen LogP contribution in [0.25, 0.3) is 0 Å². The number of carbonyl (C=O) groups is 1. The molecule has 0 aromatic rings. The molecule has 0 aliphatic carbocycles. The van der Waals surface area contributed by atoms with Gasteiger partial charge in [-0.05, 0) is 13.8 Å². The first-order chi connectivity index (χ1) is 6.11. The maximum absolute atomic E-state index is 11.3. The zero-order valence-electron chi connectivity index (χ0n) is 8.67. The fourth-order valence-electron chi connectivity index (χ4n) is 0.828. The molecule has 0 bridgehead atoms. The van der Waals surface area contributed by atoms with Crippen molar-refractivity contribution in [2.24, 2.45) is 11.7 Å². The number of hydrogen-bond acceptors (Lipinski definition) is 3.